The Labute approximate surface area is 139 Å². The van der Waals surface area contributed by atoms with Gasteiger partial charge in [0.05, 0.1) is 11.1 Å². The number of aromatic nitrogens is 1. The summed E-state index contributed by atoms with van der Waals surface area (Å²) in [7, 11) is 0. The number of nitrogens with zero attached hydrogens (tertiary/aromatic N) is 1. The van der Waals surface area contributed by atoms with Gasteiger partial charge in [-0.25, -0.2) is 4.79 Å². The number of benzene rings is 1. The molecule has 3 heteroatoms. The van der Waals surface area contributed by atoms with Crippen molar-refractivity contribution in [3.05, 3.63) is 34.5 Å². The Morgan fingerprint density at radius 1 is 1.22 bits per heavy atom. The highest BCUT2D eigenvalue weighted by molar-refractivity contribution is 6.04. The van der Waals surface area contributed by atoms with E-state index >= 15 is 0 Å². The zero-order valence-corrected chi connectivity index (χ0v) is 15.2. The molecule has 0 fully saturated rings. The van der Waals surface area contributed by atoms with Crippen LogP contribution in [0, 0.1) is 6.92 Å². The van der Waals surface area contributed by atoms with Gasteiger partial charge in [0.2, 0.25) is 0 Å². The van der Waals surface area contributed by atoms with Gasteiger partial charge in [0.1, 0.15) is 0 Å². The molecule has 126 valence electrons. The number of carboxylic acids is 1. The molecule has 1 N–H and O–H groups in total. The fourth-order valence-electron chi connectivity index (χ4n) is 3.47. The Bertz CT molecular complexity index is 723. The molecule has 0 unspecified atom stereocenters. The molecule has 2 aromatic rings. The summed E-state index contributed by atoms with van der Waals surface area (Å²) in [6, 6.07) is 4.32. The predicted molar refractivity (Wildman–Crippen MR) is 96.7 cm³/mol. The van der Waals surface area contributed by atoms with E-state index in [-0.39, 0.29) is 6.04 Å². The molecular formula is C20H29NO2. The monoisotopic (exact) mass is 315 g/mol. The van der Waals surface area contributed by atoms with Crippen LogP contribution in [0.15, 0.2) is 12.1 Å². The number of aromatic carboxylic acids is 1. The van der Waals surface area contributed by atoms with Gasteiger partial charge in [0.25, 0.3) is 0 Å². The average Bonchev–Trinajstić information content (AvgIpc) is 2.75. The van der Waals surface area contributed by atoms with Gasteiger partial charge in [-0.15, -0.1) is 0 Å². The minimum atomic E-state index is -0.834. The second-order valence-corrected chi connectivity index (χ2v) is 7.06. The third kappa shape index (κ3) is 3.15. The minimum Gasteiger partial charge on any atom is -0.478 e. The first kappa shape index (κ1) is 17.6. The van der Waals surface area contributed by atoms with E-state index in [9.17, 15) is 9.90 Å². The van der Waals surface area contributed by atoms with Gasteiger partial charge in [0, 0.05) is 17.1 Å². The molecule has 0 spiro atoms. The quantitative estimate of drug-likeness (QED) is 0.743. The summed E-state index contributed by atoms with van der Waals surface area (Å²) >= 11 is 0. The Balaban J connectivity index is 2.89. The van der Waals surface area contributed by atoms with Crippen LogP contribution >= 0.6 is 0 Å². The molecule has 0 radical (unpaired) electrons. The lowest BCUT2D eigenvalue weighted by molar-refractivity contribution is 0.0698. The Morgan fingerprint density at radius 2 is 1.87 bits per heavy atom. The molecule has 0 saturated heterocycles. The van der Waals surface area contributed by atoms with Crippen LogP contribution in [0.5, 0.6) is 0 Å². The number of hydrogen-bond acceptors (Lipinski definition) is 1. The Morgan fingerprint density at radius 3 is 2.35 bits per heavy atom. The predicted octanol–water partition coefficient (Wildman–Crippen LogP) is 5.69. The summed E-state index contributed by atoms with van der Waals surface area (Å²) in [4.78, 5) is 11.9. The minimum absolute atomic E-state index is 0.246. The zero-order chi connectivity index (χ0) is 17.3. The third-order valence-corrected chi connectivity index (χ3v) is 4.69. The fourth-order valence-corrected chi connectivity index (χ4v) is 3.47. The fraction of sp³-hybridized carbons (Fsp3) is 0.550. The van der Waals surface area contributed by atoms with Gasteiger partial charge >= 0.3 is 5.97 Å². The van der Waals surface area contributed by atoms with Crippen LogP contribution in [0.25, 0.3) is 10.9 Å². The van der Waals surface area contributed by atoms with E-state index in [0.717, 1.165) is 35.7 Å². The van der Waals surface area contributed by atoms with Crippen LogP contribution in [0.1, 0.15) is 86.6 Å². The normalized spacial score (nSPS) is 11.8. The summed E-state index contributed by atoms with van der Waals surface area (Å²) in [5, 5.41) is 10.9. The van der Waals surface area contributed by atoms with E-state index in [0.29, 0.717) is 11.5 Å². The highest BCUT2D eigenvalue weighted by Gasteiger charge is 2.22. The number of aryl methyl sites for hydroxylation is 1. The van der Waals surface area contributed by atoms with Gasteiger partial charge in [-0.3, -0.25) is 0 Å². The number of carboxylic acid groups (broad SMARTS) is 1. The smallest absolute Gasteiger partial charge is 0.337 e. The number of rotatable bonds is 6. The molecule has 1 aromatic heterocycles. The van der Waals surface area contributed by atoms with Crippen molar-refractivity contribution in [2.45, 2.75) is 72.8 Å². The molecule has 0 saturated carbocycles. The van der Waals surface area contributed by atoms with Crippen LogP contribution in [0.3, 0.4) is 0 Å². The average molecular weight is 315 g/mol. The van der Waals surface area contributed by atoms with Crippen molar-refractivity contribution in [1.29, 1.82) is 0 Å². The summed E-state index contributed by atoms with van der Waals surface area (Å²) in [6.07, 6.45) is 3.29. The van der Waals surface area contributed by atoms with Gasteiger partial charge in [-0.1, -0.05) is 27.2 Å². The summed E-state index contributed by atoms with van der Waals surface area (Å²) in [6.45, 7) is 12.8. The molecule has 0 aliphatic heterocycles. The van der Waals surface area contributed by atoms with Crippen LogP contribution in [0.4, 0.5) is 0 Å². The van der Waals surface area contributed by atoms with Crippen molar-refractivity contribution in [2.24, 2.45) is 0 Å². The van der Waals surface area contributed by atoms with Gasteiger partial charge in [-0.2, -0.15) is 0 Å². The lowest BCUT2D eigenvalue weighted by atomic mass is 9.95. The number of carbonyl (C=O) groups is 1. The first-order valence-electron chi connectivity index (χ1n) is 8.70. The van der Waals surface area contributed by atoms with E-state index in [4.69, 9.17) is 0 Å². The largest absolute Gasteiger partial charge is 0.478 e. The van der Waals surface area contributed by atoms with E-state index in [1.165, 1.54) is 11.3 Å². The standard InChI is InChI=1S/C20H29NO2/c1-7-8-9-16-14(6)21(13(4)5)19-17(16)10-15(12(2)3)11-18(19)20(22)23/h10-13H,7-9H2,1-6H3,(H,22,23). The number of fused-ring (bicyclic) bond motifs is 1. The topological polar surface area (TPSA) is 42.2 Å². The molecule has 23 heavy (non-hydrogen) atoms. The third-order valence-electron chi connectivity index (χ3n) is 4.69. The molecule has 0 aliphatic rings. The second kappa shape index (κ2) is 6.77. The van der Waals surface area contributed by atoms with Crippen molar-refractivity contribution in [1.82, 2.24) is 4.57 Å². The van der Waals surface area contributed by atoms with E-state index < -0.39 is 5.97 Å². The van der Waals surface area contributed by atoms with Gasteiger partial charge in [-0.05, 0) is 62.8 Å². The zero-order valence-electron chi connectivity index (χ0n) is 15.2. The van der Waals surface area contributed by atoms with Gasteiger partial charge in [0.15, 0.2) is 0 Å². The molecule has 0 amide bonds. The molecule has 3 nitrogen and oxygen atoms in total. The molecule has 1 heterocycles. The maximum absolute atomic E-state index is 11.9. The lowest BCUT2D eigenvalue weighted by Crippen LogP contribution is -2.08. The molecule has 0 atom stereocenters. The lowest BCUT2D eigenvalue weighted by Gasteiger charge is -2.15. The molecule has 1 aromatic carbocycles. The van der Waals surface area contributed by atoms with Crippen LogP contribution in [-0.2, 0) is 6.42 Å². The molecular weight excluding hydrogens is 286 g/mol. The Hall–Kier alpha value is -1.77. The Kier molecular flexibility index (Phi) is 5.18. The van der Waals surface area contributed by atoms with Crippen LogP contribution in [-0.4, -0.2) is 15.6 Å². The molecule has 0 aliphatic carbocycles. The van der Waals surface area contributed by atoms with E-state index in [2.05, 4.69) is 52.2 Å². The van der Waals surface area contributed by atoms with Crippen molar-refractivity contribution in [3.63, 3.8) is 0 Å². The van der Waals surface area contributed by atoms with Crippen molar-refractivity contribution in [2.75, 3.05) is 0 Å². The molecule has 2 rings (SSSR count). The summed E-state index contributed by atoms with van der Waals surface area (Å²) in [5.74, 6) is -0.516. The van der Waals surface area contributed by atoms with Crippen molar-refractivity contribution >= 4 is 16.9 Å². The number of unbranched alkanes of at least 4 members (excludes halogenated alkanes) is 1. The van der Waals surface area contributed by atoms with E-state index in [1.54, 1.807) is 0 Å². The maximum Gasteiger partial charge on any atom is 0.337 e. The number of hydrogen-bond donors (Lipinski definition) is 1. The van der Waals surface area contributed by atoms with Crippen molar-refractivity contribution in [3.8, 4) is 0 Å². The van der Waals surface area contributed by atoms with E-state index in [1.807, 2.05) is 6.07 Å². The van der Waals surface area contributed by atoms with Crippen LogP contribution in [0.2, 0.25) is 0 Å². The molecule has 0 bridgehead atoms. The van der Waals surface area contributed by atoms with Gasteiger partial charge < -0.3 is 9.67 Å². The first-order chi connectivity index (χ1) is 10.8. The second-order valence-electron chi connectivity index (χ2n) is 7.06. The highest BCUT2D eigenvalue weighted by Crippen LogP contribution is 2.35. The highest BCUT2D eigenvalue weighted by atomic mass is 16.4. The summed E-state index contributed by atoms with van der Waals surface area (Å²) in [5.41, 5.74) is 4.97. The van der Waals surface area contributed by atoms with Crippen LogP contribution < -0.4 is 0 Å². The van der Waals surface area contributed by atoms with Crippen molar-refractivity contribution < 1.29 is 9.90 Å². The SMILES string of the molecule is CCCCc1c(C)n(C(C)C)c2c(C(=O)O)cc(C(C)C)cc12. The first-order valence-corrected chi connectivity index (χ1v) is 8.70. The summed E-state index contributed by atoms with van der Waals surface area (Å²) < 4.78 is 2.20. The maximum atomic E-state index is 11.9.